The van der Waals surface area contributed by atoms with Gasteiger partial charge in [0, 0.05) is 12.4 Å². The highest BCUT2D eigenvalue weighted by Gasteiger charge is 2.03. The normalized spacial score (nSPS) is 10.4. The summed E-state index contributed by atoms with van der Waals surface area (Å²) in [6, 6.07) is 14.2. The minimum Gasteiger partial charge on any atom is -0.343 e. The molecule has 1 aromatic carbocycles. The number of imidazole rings is 1. The van der Waals surface area contributed by atoms with Crippen molar-refractivity contribution in [1.82, 2.24) is 15.0 Å². The first kappa shape index (κ1) is 9.78. The molecule has 3 rings (SSSR count). The first-order valence-corrected chi connectivity index (χ1v) is 5.37. The Morgan fingerprint density at radius 3 is 2.65 bits per heavy atom. The van der Waals surface area contributed by atoms with Crippen molar-refractivity contribution in [2.24, 2.45) is 0 Å². The Morgan fingerprint density at radius 2 is 1.88 bits per heavy atom. The van der Waals surface area contributed by atoms with E-state index >= 15 is 0 Å². The zero-order valence-corrected chi connectivity index (χ0v) is 9.09. The Labute approximate surface area is 99.2 Å². The molecular weight excluding hydrogens is 210 g/mol. The molecule has 81 valence electrons. The van der Waals surface area contributed by atoms with Gasteiger partial charge in [0.25, 0.3) is 0 Å². The Kier molecular flexibility index (Phi) is 2.43. The van der Waals surface area contributed by atoms with Gasteiger partial charge in [0.15, 0.2) is 5.82 Å². The van der Waals surface area contributed by atoms with Crippen LogP contribution < -0.4 is 0 Å². The van der Waals surface area contributed by atoms with Crippen LogP contribution >= 0.6 is 0 Å². The van der Waals surface area contributed by atoms with Crippen LogP contribution in [0.1, 0.15) is 0 Å². The van der Waals surface area contributed by atoms with E-state index in [4.69, 9.17) is 0 Å². The molecule has 0 aliphatic carbocycles. The number of hydrogen-bond donors (Lipinski definition) is 1. The largest absolute Gasteiger partial charge is 0.343 e. The smallest absolute Gasteiger partial charge is 0.156 e. The summed E-state index contributed by atoms with van der Waals surface area (Å²) >= 11 is 0. The maximum absolute atomic E-state index is 4.29. The van der Waals surface area contributed by atoms with Gasteiger partial charge in [-0.25, -0.2) is 4.98 Å². The lowest BCUT2D eigenvalue weighted by Gasteiger charge is -2.02. The summed E-state index contributed by atoms with van der Waals surface area (Å²) in [6.07, 6.45) is 6.21. The maximum atomic E-state index is 4.29. The topological polar surface area (TPSA) is 41.6 Å². The summed E-state index contributed by atoms with van der Waals surface area (Å²) in [5.74, 6) is 0.739. The van der Waals surface area contributed by atoms with Gasteiger partial charge in [0.05, 0.1) is 0 Å². The Morgan fingerprint density at radius 1 is 1.00 bits per heavy atom. The molecule has 2 aromatic heterocycles. The fraction of sp³-hybridized carbons (Fsp3) is 0. The predicted octanol–water partition coefficient (Wildman–Crippen LogP) is 2.94. The van der Waals surface area contributed by atoms with Crippen molar-refractivity contribution in [1.29, 1.82) is 0 Å². The van der Waals surface area contributed by atoms with E-state index in [1.165, 1.54) is 5.56 Å². The molecule has 1 N–H and O–H groups in total. The van der Waals surface area contributed by atoms with Crippen LogP contribution in [0.2, 0.25) is 0 Å². The fourth-order valence-corrected chi connectivity index (χ4v) is 1.73. The molecular formula is C14H10N3. The van der Waals surface area contributed by atoms with E-state index in [9.17, 15) is 0 Å². The summed E-state index contributed by atoms with van der Waals surface area (Å²) in [5, 5.41) is 0. The number of aromatic nitrogens is 3. The van der Waals surface area contributed by atoms with Crippen LogP contribution in [-0.2, 0) is 0 Å². The lowest BCUT2D eigenvalue weighted by Crippen LogP contribution is -1.86. The van der Waals surface area contributed by atoms with Crippen LogP contribution in [0.4, 0.5) is 0 Å². The average molecular weight is 220 g/mol. The SMILES string of the molecule is [c]1c[nH]c(-c2cc(-c3ccccc3)ccn2)n1. The number of nitrogens with one attached hydrogen (secondary N) is 1. The third kappa shape index (κ3) is 1.95. The van der Waals surface area contributed by atoms with E-state index in [0.29, 0.717) is 0 Å². The molecule has 0 bridgehead atoms. The van der Waals surface area contributed by atoms with Crippen molar-refractivity contribution in [3.05, 3.63) is 61.1 Å². The second kappa shape index (κ2) is 4.22. The quantitative estimate of drug-likeness (QED) is 0.721. The second-order valence-corrected chi connectivity index (χ2v) is 3.67. The van der Waals surface area contributed by atoms with E-state index in [2.05, 4.69) is 33.3 Å². The highest BCUT2D eigenvalue weighted by Crippen LogP contribution is 2.22. The number of nitrogens with zero attached hydrogens (tertiary/aromatic N) is 2. The molecule has 2 heterocycles. The van der Waals surface area contributed by atoms with Crippen molar-refractivity contribution < 1.29 is 0 Å². The molecule has 0 saturated heterocycles. The molecule has 0 unspecified atom stereocenters. The van der Waals surface area contributed by atoms with E-state index < -0.39 is 0 Å². The maximum Gasteiger partial charge on any atom is 0.156 e. The first-order valence-electron chi connectivity index (χ1n) is 5.37. The van der Waals surface area contributed by atoms with Gasteiger partial charge in [0.1, 0.15) is 11.9 Å². The molecule has 17 heavy (non-hydrogen) atoms. The Hall–Kier alpha value is -2.42. The van der Waals surface area contributed by atoms with Gasteiger partial charge >= 0.3 is 0 Å². The number of benzene rings is 1. The monoisotopic (exact) mass is 220 g/mol. The van der Waals surface area contributed by atoms with Gasteiger partial charge in [-0.15, -0.1) is 0 Å². The van der Waals surface area contributed by atoms with Gasteiger partial charge in [-0.2, -0.15) is 0 Å². The summed E-state index contributed by atoms with van der Waals surface area (Å²) < 4.78 is 0. The molecule has 0 spiro atoms. The highest BCUT2D eigenvalue weighted by atomic mass is 14.9. The van der Waals surface area contributed by atoms with Gasteiger partial charge in [0.2, 0.25) is 0 Å². The Bertz CT molecular complexity index is 600. The molecule has 0 fully saturated rings. The van der Waals surface area contributed by atoms with Crippen molar-refractivity contribution in [3.63, 3.8) is 0 Å². The average Bonchev–Trinajstić information content (AvgIpc) is 2.94. The molecule has 3 nitrogen and oxygen atoms in total. The number of H-pyrrole nitrogens is 1. The van der Waals surface area contributed by atoms with Crippen LogP contribution in [0.15, 0.2) is 54.9 Å². The molecule has 0 atom stereocenters. The minimum atomic E-state index is 0.739. The standard InChI is InChI=1S/C14H10N3/c1-2-4-11(5-3-1)12-6-7-15-13(10-12)14-16-8-9-17-14/h1-8,10H,(H,16,17). The molecule has 3 aromatic rings. The summed E-state index contributed by atoms with van der Waals surface area (Å²) in [5.41, 5.74) is 3.13. The fourth-order valence-electron chi connectivity index (χ4n) is 1.73. The van der Waals surface area contributed by atoms with Crippen LogP contribution in [0.5, 0.6) is 0 Å². The van der Waals surface area contributed by atoms with Crippen molar-refractivity contribution in [2.45, 2.75) is 0 Å². The van der Waals surface area contributed by atoms with E-state index in [0.717, 1.165) is 17.1 Å². The number of aromatic amines is 1. The number of pyridine rings is 1. The van der Waals surface area contributed by atoms with Crippen molar-refractivity contribution >= 4 is 0 Å². The summed E-state index contributed by atoms with van der Waals surface area (Å²) in [4.78, 5) is 11.4. The van der Waals surface area contributed by atoms with Crippen molar-refractivity contribution in [2.75, 3.05) is 0 Å². The first-order chi connectivity index (χ1) is 8.43. The molecule has 1 radical (unpaired) electrons. The van der Waals surface area contributed by atoms with Crippen molar-refractivity contribution in [3.8, 4) is 22.6 Å². The molecule has 0 aliphatic heterocycles. The molecule has 0 saturated carbocycles. The zero-order valence-electron chi connectivity index (χ0n) is 9.09. The summed E-state index contributed by atoms with van der Waals surface area (Å²) in [6.45, 7) is 0. The van der Waals surface area contributed by atoms with Crippen LogP contribution in [0.3, 0.4) is 0 Å². The third-order valence-corrected chi connectivity index (χ3v) is 2.56. The van der Waals surface area contributed by atoms with E-state index in [-0.39, 0.29) is 0 Å². The van der Waals surface area contributed by atoms with E-state index in [1.54, 1.807) is 12.4 Å². The third-order valence-electron chi connectivity index (χ3n) is 2.56. The summed E-state index contributed by atoms with van der Waals surface area (Å²) in [7, 11) is 0. The minimum absolute atomic E-state index is 0.739. The molecule has 3 heteroatoms. The second-order valence-electron chi connectivity index (χ2n) is 3.67. The molecule has 0 amide bonds. The number of hydrogen-bond acceptors (Lipinski definition) is 2. The predicted molar refractivity (Wildman–Crippen MR) is 66.1 cm³/mol. The van der Waals surface area contributed by atoms with E-state index in [1.807, 2.05) is 30.3 Å². The number of rotatable bonds is 2. The van der Waals surface area contributed by atoms with Crippen LogP contribution in [-0.4, -0.2) is 15.0 Å². The highest BCUT2D eigenvalue weighted by molar-refractivity contribution is 5.67. The zero-order chi connectivity index (χ0) is 11.5. The molecule has 0 aliphatic rings. The van der Waals surface area contributed by atoms with Gasteiger partial charge in [-0.3, -0.25) is 4.98 Å². The lowest BCUT2D eigenvalue weighted by atomic mass is 10.1. The Balaban J connectivity index is 2.06. The van der Waals surface area contributed by atoms with Gasteiger partial charge in [-0.1, -0.05) is 30.3 Å². The van der Waals surface area contributed by atoms with Gasteiger partial charge < -0.3 is 4.98 Å². The lowest BCUT2D eigenvalue weighted by molar-refractivity contribution is 1.22. The van der Waals surface area contributed by atoms with Gasteiger partial charge in [-0.05, 0) is 23.3 Å². The van der Waals surface area contributed by atoms with Crippen LogP contribution in [0.25, 0.3) is 22.6 Å². The van der Waals surface area contributed by atoms with Crippen LogP contribution in [0, 0.1) is 6.20 Å².